The maximum absolute atomic E-state index is 13.5. The second kappa shape index (κ2) is 14.9. The Kier molecular flexibility index (Phi) is 9.42. The van der Waals surface area contributed by atoms with Crippen molar-refractivity contribution in [2.75, 3.05) is 20.4 Å². The Balaban J connectivity index is 0.922. The third-order valence-electron chi connectivity index (χ3n) is 9.91. The lowest BCUT2D eigenvalue weighted by atomic mass is 10.0. The molecule has 0 saturated heterocycles. The molecule has 288 valence electrons. The molecule has 0 fully saturated rings. The van der Waals surface area contributed by atoms with Crippen LogP contribution >= 0.6 is 0 Å². The number of para-hydroxylation sites is 2. The number of aromatic carboxylic acids is 2. The van der Waals surface area contributed by atoms with Gasteiger partial charge in [0.1, 0.15) is 0 Å². The molecule has 0 saturated carbocycles. The minimum atomic E-state index is -1.22. The summed E-state index contributed by atoms with van der Waals surface area (Å²) in [5.41, 5.74) is 2.65. The lowest BCUT2D eigenvalue weighted by Gasteiger charge is -2.15. The van der Waals surface area contributed by atoms with E-state index >= 15 is 0 Å². The van der Waals surface area contributed by atoms with Gasteiger partial charge < -0.3 is 20.8 Å². The van der Waals surface area contributed by atoms with Crippen molar-refractivity contribution in [3.05, 3.63) is 189 Å². The number of fused-ring (bicyclic) bond motifs is 2. The van der Waals surface area contributed by atoms with Crippen LogP contribution in [0.3, 0.4) is 0 Å². The molecule has 14 nitrogen and oxygen atoms in total. The summed E-state index contributed by atoms with van der Waals surface area (Å²) in [6, 6.07) is 33.5. The number of nitrogens with zero attached hydrogens (tertiary/aromatic N) is 2. The average molecular weight is 785 g/mol. The minimum Gasteiger partial charge on any atom is -0.478 e. The lowest BCUT2D eigenvalue weighted by Crippen LogP contribution is -2.29. The predicted octanol–water partition coefficient (Wildman–Crippen LogP) is 6.78. The van der Waals surface area contributed by atoms with Gasteiger partial charge in [-0.2, -0.15) is 0 Å². The van der Waals surface area contributed by atoms with Crippen LogP contribution in [0.1, 0.15) is 94.0 Å². The van der Waals surface area contributed by atoms with Crippen LogP contribution in [0.25, 0.3) is 0 Å². The van der Waals surface area contributed by atoms with Crippen LogP contribution in [0.15, 0.2) is 133 Å². The molecule has 2 heterocycles. The molecule has 0 bridgehead atoms. The molecule has 6 amide bonds. The monoisotopic (exact) mass is 784 g/mol. The van der Waals surface area contributed by atoms with Crippen molar-refractivity contribution in [3.8, 4) is 0 Å². The number of carboxylic acids is 2. The van der Waals surface area contributed by atoms with Crippen molar-refractivity contribution < 1.29 is 48.6 Å². The van der Waals surface area contributed by atoms with Gasteiger partial charge in [-0.3, -0.25) is 28.8 Å². The van der Waals surface area contributed by atoms with E-state index in [1.165, 1.54) is 72.8 Å². The maximum atomic E-state index is 13.5. The third kappa shape index (κ3) is 6.86. The van der Waals surface area contributed by atoms with E-state index in [4.69, 9.17) is 0 Å². The van der Waals surface area contributed by atoms with Gasteiger partial charge in [0.15, 0.2) is 0 Å². The standard InChI is InChI=1S/C45H28N4O10/c50-38(46-36-7-3-1-5-32(36)44(56)57)26-13-19-30-34(22-26)42(54)48(40(30)52)28-15-9-24(10-16-28)21-25-11-17-29(18-12-25)49-41(53)31-20-14-27(23-35(31)43(49)55)39(51)47-37-8-4-2-6-33(37)45(58)59/h1-20,22-23H,21H2,(H,46,50)(H,47,51)(H,56,57)(H,58,59). The molecular weight excluding hydrogens is 757 g/mol. The number of carbonyl (C=O) groups excluding carboxylic acids is 6. The van der Waals surface area contributed by atoms with Gasteiger partial charge in [0, 0.05) is 11.1 Å². The molecule has 0 aromatic heterocycles. The van der Waals surface area contributed by atoms with Crippen molar-refractivity contribution >= 4 is 70.1 Å². The fourth-order valence-corrected chi connectivity index (χ4v) is 6.94. The molecule has 59 heavy (non-hydrogen) atoms. The molecule has 0 atom stereocenters. The summed E-state index contributed by atoms with van der Waals surface area (Å²) in [4.78, 5) is 105. The zero-order chi connectivity index (χ0) is 41.5. The van der Waals surface area contributed by atoms with Gasteiger partial charge in [-0.25, -0.2) is 19.4 Å². The molecule has 0 aliphatic carbocycles. The molecule has 4 N–H and O–H groups in total. The Morgan fingerprint density at radius 1 is 0.441 bits per heavy atom. The summed E-state index contributed by atoms with van der Waals surface area (Å²) in [7, 11) is 0. The second-order valence-corrected chi connectivity index (χ2v) is 13.5. The number of nitrogens with one attached hydrogen (secondary N) is 2. The van der Waals surface area contributed by atoms with E-state index in [1.807, 2.05) is 0 Å². The molecular formula is C45H28N4O10. The number of carboxylic acid groups (broad SMARTS) is 2. The molecule has 2 aliphatic rings. The topological polar surface area (TPSA) is 208 Å². The first kappa shape index (κ1) is 37.4. The van der Waals surface area contributed by atoms with Crippen molar-refractivity contribution in [2.24, 2.45) is 0 Å². The van der Waals surface area contributed by atoms with Crippen LogP contribution < -0.4 is 20.4 Å². The molecule has 14 heteroatoms. The Morgan fingerprint density at radius 3 is 1.17 bits per heavy atom. The van der Waals surface area contributed by atoms with Crippen molar-refractivity contribution in [2.45, 2.75) is 6.42 Å². The highest BCUT2D eigenvalue weighted by atomic mass is 16.4. The van der Waals surface area contributed by atoms with Crippen molar-refractivity contribution in [1.82, 2.24) is 0 Å². The van der Waals surface area contributed by atoms with Crippen molar-refractivity contribution in [1.29, 1.82) is 0 Å². The first-order chi connectivity index (χ1) is 28.4. The first-order valence-electron chi connectivity index (χ1n) is 17.9. The maximum Gasteiger partial charge on any atom is 0.337 e. The van der Waals surface area contributed by atoms with Gasteiger partial charge in [-0.15, -0.1) is 0 Å². The molecule has 6 aromatic rings. The second-order valence-electron chi connectivity index (χ2n) is 13.5. The van der Waals surface area contributed by atoms with Gasteiger partial charge in [0.25, 0.3) is 35.4 Å². The van der Waals surface area contributed by atoms with Gasteiger partial charge in [0.2, 0.25) is 0 Å². The van der Waals surface area contributed by atoms with E-state index in [0.717, 1.165) is 20.9 Å². The first-order valence-corrected chi connectivity index (χ1v) is 17.9. The largest absolute Gasteiger partial charge is 0.478 e. The van der Waals surface area contributed by atoms with E-state index in [1.54, 1.807) is 60.7 Å². The van der Waals surface area contributed by atoms with E-state index in [0.29, 0.717) is 17.8 Å². The average Bonchev–Trinajstić information content (AvgIpc) is 3.64. The number of imide groups is 2. The number of hydrogen-bond acceptors (Lipinski definition) is 8. The highest BCUT2D eigenvalue weighted by Gasteiger charge is 2.38. The molecule has 2 aliphatic heterocycles. The van der Waals surface area contributed by atoms with Gasteiger partial charge in [-0.1, -0.05) is 48.5 Å². The zero-order valence-corrected chi connectivity index (χ0v) is 30.5. The summed E-state index contributed by atoms with van der Waals surface area (Å²) in [6.07, 6.45) is 0.428. The fourth-order valence-electron chi connectivity index (χ4n) is 6.94. The third-order valence-corrected chi connectivity index (χ3v) is 9.91. The normalized spacial score (nSPS) is 12.9. The van der Waals surface area contributed by atoms with Gasteiger partial charge in [-0.05, 0) is 102 Å². The SMILES string of the molecule is O=C(Nc1ccccc1C(=O)O)c1ccc2c(c1)C(=O)N(c1ccc(Cc3ccc(N4C(=O)c5ccc(C(=O)Nc6ccccc6C(=O)O)cc5C4=O)cc3)cc1)C2=O. The summed E-state index contributed by atoms with van der Waals surface area (Å²) in [5.74, 6) is -6.12. The van der Waals surface area contributed by atoms with Crippen LogP contribution in [0, 0.1) is 0 Å². The van der Waals surface area contributed by atoms with Crippen LogP contribution in [0.2, 0.25) is 0 Å². The van der Waals surface area contributed by atoms with Crippen LogP contribution in [-0.4, -0.2) is 57.6 Å². The van der Waals surface area contributed by atoms with E-state index < -0.39 is 47.4 Å². The van der Waals surface area contributed by atoms with Gasteiger partial charge >= 0.3 is 11.9 Å². The molecule has 0 radical (unpaired) electrons. The quantitative estimate of drug-likeness (QED) is 0.107. The summed E-state index contributed by atoms with van der Waals surface area (Å²) < 4.78 is 0. The number of anilines is 4. The highest BCUT2D eigenvalue weighted by molar-refractivity contribution is 6.35. The molecule has 6 aromatic carbocycles. The summed E-state index contributed by atoms with van der Waals surface area (Å²) in [5, 5.41) is 24.0. The van der Waals surface area contributed by atoms with Crippen molar-refractivity contribution in [3.63, 3.8) is 0 Å². The van der Waals surface area contributed by atoms with E-state index in [2.05, 4.69) is 10.6 Å². The number of carbonyl (C=O) groups is 8. The molecule has 0 unspecified atom stereocenters. The number of amides is 6. The van der Waals surface area contributed by atoms with E-state index in [9.17, 15) is 48.6 Å². The number of benzene rings is 6. The number of rotatable bonds is 10. The summed E-state index contributed by atoms with van der Waals surface area (Å²) >= 11 is 0. The van der Waals surface area contributed by atoms with Gasteiger partial charge in [0.05, 0.1) is 56.1 Å². The Hall–Kier alpha value is -8.52. The predicted molar refractivity (Wildman–Crippen MR) is 214 cm³/mol. The Bertz CT molecular complexity index is 2640. The van der Waals surface area contributed by atoms with Crippen LogP contribution in [0.4, 0.5) is 22.7 Å². The zero-order valence-electron chi connectivity index (χ0n) is 30.5. The Morgan fingerprint density at radius 2 is 0.797 bits per heavy atom. The smallest absolute Gasteiger partial charge is 0.337 e. The lowest BCUT2D eigenvalue weighted by molar-refractivity contribution is 0.0687. The van der Waals surface area contributed by atoms with Crippen LogP contribution in [-0.2, 0) is 6.42 Å². The minimum absolute atomic E-state index is 0.0291. The van der Waals surface area contributed by atoms with E-state index in [-0.39, 0.29) is 55.9 Å². The Labute approximate surface area is 333 Å². The molecule has 8 rings (SSSR count). The number of hydrogen-bond donors (Lipinski definition) is 4. The molecule has 0 spiro atoms. The highest BCUT2D eigenvalue weighted by Crippen LogP contribution is 2.32. The summed E-state index contributed by atoms with van der Waals surface area (Å²) in [6.45, 7) is 0. The fraction of sp³-hybridized carbons (Fsp3) is 0.0222. The van der Waals surface area contributed by atoms with Crippen LogP contribution in [0.5, 0.6) is 0 Å².